The number of carbonyl (C=O) groups is 1. The van der Waals surface area contributed by atoms with Crippen molar-refractivity contribution in [3.05, 3.63) is 35.4 Å². The Kier molecular flexibility index (Phi) is 6.06. The van der Waals surface area contributed by atoms with E-state index in [1.165, 1.54) is 23.5 Å². The Labute approximate surface area is 139 Å². The minimum atomic E-state index is -0.313. The summed E-state index contributed by atoms with van der Waals surface area (Å²) in [5, 5.41) is 0. The molecule has 0 unspecified atom stereocenters. The van der Waals surface area contributed by atoms with Crippen LogP contribution in [0.1, 0.15) is 46.2 Å². The summed E-state index contributed by atoms with van der Waals surface area (Å²) < 4.78 is 5.92. The first-order chi connectivity index (χ1) is 10.8. The highest BCUT2D eigenvalue weighted by Gasteiger charge is 2.18. The molecule has 3 rings (SSSR count). The molecule has 2 aliphatic rings. The molecule has 6 heteroatoms. The van der Waals surface area contributed by atoms with Crippen LogP contribution in [0.25, 0.3) is 0 Å². The van der Waals surface area contributed by atoms with Crippen LogP contribution in [0.2, 0.25) is 0 Å². The third-order valence-corrected chi connectivity index (χ3v) is 6.71. The van der Waals surface area contributed by atoms with Gasteiger partial charge >= 0.3 is 0 Å². The molecule has 4 nitrogen and oxygen atoms in total. The molecule has 120 valence electrons. The van der Waals surface area contributed by atoms with Crippen molar-refractivity contribution in [2.45, 2.75) is 36.6 Å². The molecule has 0 radical (unpaired) electrons. The van der Waals surface area contributed by atoms with Crippen molar-refractivity contribution in [2.24, 2.45) is 0 Å². The molecule has 2 saturated heterocycles. The zero-order valence-electron chi connectivity index (χ0n) is 12.5. The number of nitrogens with one attached hydrogen (secondary N) is 1. The van der Waals surface area contributed by atoms with Crippen LogP contribution in [0.15, 0.2) is 24.3 Å². The van der Waals surface area contributed by atoms with Gasteiger partial charge in [-0.3, -0.25) is 4.79 Å². The third-order valence-electron chi connectivity index (χ3n) is 3.69. The second kappa shape index (κ2) is 8.24. The first-order valence-electron chi connectivity index (χ1n) is 7.74. The van der Waals surface area contributed by atoms with Crippen LogP contribution in [0.3, 0.4) is 0 Å². The van der Waals surface area contributed by atoms with Crippen LogP contribution in [0.5, 0.6) is 0 Å². The molecular weight excluding hydrogens is 318 g/mol. The van der Waals surface area contributed by atoms with Crippen molar-refractivity contribution in [1.82, 2.24) is 5.48 Å². The first-order valence-corrected chi connectivity index (χ1v) is 9.83. The van der Waals surface area contributed by atoms with Gasteiger partial charge in [-0.15, -0.1) is 23.5 Å². The lowest BCUT2D eigenvalue weighted by Gasteiger charge is -2.22. The van der Waals surface area contributed by atoms with Gasteiger partial charge in [0.15, 0.2) is 6.29 Å². The summed E-state index contributed by atoms with van der Waals surface area (Å²) >= 11 is 3.96. The third kappa shape index (κ3) is 4.41. The van der Waals surface area contributed by atoms with Crippen LogP contribution in [-0.2, 0) is 9.57 Å². The predicted octanol–water partition coefficient (Wildman–Crippen LogP) is 3.74. The van der Waals surface area contributed by atoms with Crippen LogP contribution in [0, 0.1) is 0 Å². The SMILES string of the molecule is O=C(NO[C@H]1CCCCO1)c1ccc(C2SCCCS2)cc1. The summed E-state index contributed by atoms with van der Waals surface area (Å²) in [4.78, 5) is 17.4. The Morgan fingerprint density at radius 3 is 2.59 bits per heavy atom. The summed E-state index contributed by atoms with van der Waals surface area (Å²) in [5.41, 5.74) is 4.39. The van der Waals surface area contributed by atoms with E-state index >= 15 is 0 Å². The number of amides is 1. The average Bonchev–Trinajstić information content (AvgIpc) is 2.61. The maximum Gasteiger partial charge on any atom is 0.274 e. The summed E-state index contributed by atoms with van der Waals surface area (Å²) in [6.07, 6.45) is 3.94. The minimum Gasteiger partial charge on any atom is -0.350 e. The average molecular weight is 339 g/mol. The predicted molar refractivity (Wildman–Crippen MR) is 90.9 cm³/mol. The number of hydroxylamine groups is 1. The van der Waals surface area contributed by atoms with E-state index in [4.69, 9.17) is 9.57 Å². The van der Waals surface area contributed by atoms with Gasteiger partial charge in [0.05, 0.1) is 4.58 Å². The van der Waals surface area contributed by atoms with Crippen LogP contribution < -0.4 is 5.48 Å². The quantitative estimate of drug-likeness (QED) is 0.847. The van der Waals surface area contributed by atoms with E-state index in [2.05, 4.69) is 5.48 Å². The van der Waals surface area contributed by atoms with Crippen molar-refractivity contribution < 1.29 is 14.4 Å². The van der Waals surface area contributed by atoms with Gasteiger partial charge in [0.25, 0.3) is 5.91 Å². The van der Waals surface area contributed by atoms with Gasteiger partial charge in [0.1, 0.15) is 0 Å². The first kappa shape index (κ1) is 16.2. The van der Waals surface area contributed by atoms with Crippen molar-refractivity contribution in [3.63, 3.8) is 0 Å². The Bertz CT molecular complexity index is 483. The fourth-order valence-electron chi connectivity index (χ4n) is 2.45. The van der Waals surface area contributed by atoms with Gasteiger partial charge < -0.3 is 4.74 Å². The normalized spacial score (nSPS) is 23.2. The Balaban J connectivity index is 1.51. The number of benzene rings is 1. The van der Waals surface area contributed by atoms with E-state index in [0.717, 1.165) is 19.3 Å². The summed E-state index contributed by atoms with van der Waals surface area (Å²) in [7, 11) is 0. The smallest absolute Gasteiger partial charge is 0.274 e. The Morgan fingerprint density at radius 1 is 1.14 bits per heavy atom. The molecule has 1 amide bonds. The van der Waals surface area contributed by atoms with Crippen LogP contribution in [0.4, 0.5) is 0 Å². The highest BCUT2D eigenvalue weighted by atomic mass is 32.2. The Hall–Kier alpha value is -0.690. The van der Waals surface area contributed by atoms with Gasteiger partial charge in [-0.25, -0.2) is 10.3 Å². The van der Waals surface area contributed by atoms with Crippen LogP contribution >= 0.6 is 23.5 Å². The maximum absolute atomic E-state index is 12.1. The molecule has 1 atom stereocenters. The zero-order chi connectivity index (χ0) is 15.2. The summed E-state index contributed by atoms with van der Waals surface area (Å²) in [6, 6.07) is 7.82. The van der Waals surface area contributed by atoms with Crippen molar-refractivity contribution >= 4 is 29.4 Å². The highest BCUT2D eigenvalue weighted by Crippen LogP contribution is 2.43. The fraction of sp³-hybridized carbons (Fsp3) is 0.562. The number of rotatable bonds is 4. The van der Waals surface area contributed by atoms with Gasteiger partial charge in [0, 0.05) is 18.6 Å². The largest absolute Gasteiger partial charge is 0.350 e. The fourth-order valence-corrected chi connectivity index (χ4v) is 5.35. The molecule has 2 aliphatic heterocycles. The molecule has 22 heavy (non-hydrogen) atoms. The standard InChI is InChI=1S/C16H21NO3S2/c18-15(17-20-14-4-1-2-9-19-14)12-5-7-13(8-6-12)16-21-10-3-11-22-16/h5-8,14,16H,1-4,9-11H2,(H,17,18)/t14-/m0/s1. The highest BCUT2D eigenvalue weighted by molar-refractivity contribution is 8.16. The van der Waals surface area contributed by atoms with E-state index in [0.29, 0.717) is 16.8 Å². The molecule has 0 aromatic heterocycles. The summed E-state index contributed by atoms with van der Waals surface area (Å²) in [6.45, 7) is 0.700. The summed E-state index contributed by atoms with van der Waals surface area (Å²) in [5.74, 6) is 2.22. The zero-order valence-corrected chi connectivity index (χ0v) is 14.1. The maximum atomic E-state index is 12.1. The van der Waals surface area contributed by atoms with E-state index in [1.807, 2.05) is 47.8 Å². The Morgan fingerprint density at radius 2 is 1.91 bits per heavy atom. The lowest BCUT2D eigenvalue weighted by atomic mass is 10.1. The molecule has 2 fully saturated rings. The number of ether oxygens (including phenoxy) is 1. The lowest BCUT2D eigenvalue weighted by Crippen LogP contribution is -2.33. The van der Waals surface area contributed by atoms with Gasteiger partial charge in [-0.1, -0.05) is 12.1 Å². The van der Waals surface area contributed by atoms with Crippen molar-refractivity contribution in [2.75, 3.05) is 18.1 Å². The van der Waals surface area contributed by atoms with Crippen LogP contribution in [-0.4, -0.2) is 30.3 Å². The molecule has 2 heterocycles. The molecule has 0 bridgehead atoms. The van der Waals surface area contributed by atoms with E-state index in [-0.39, 0.29) is 12.2 Å². The lowest BCUT2D eigenvalue weighted by molar-refractivity contribution is -0.186. The van der Waals surface area contributed by atoms with Gasteiger partial charge in [-0.2, -0.15) is 0 Å². The molecule has 1 aromatic carbocycles. The topological polar surface area (TPSA) is 47.6 Å². The molecule has 0 aliphatic carbocycles. The van der Waals surface area contributed by atoms with Gasteiger partial charge in [0.2, 0.25) is 0 Å². The number of hydrogen-bond acceptors (Lipinski definition) is 5. The number of hydrogen-bond donors (Lipinski definition) is 1. The second-order valence-electron chi connectivity index (χ2n) is 5.39. The van der Waals surface area contributed by atoms with E-state index in [9.17, 15) is 4.79 Å². The van der Waals surface area contributed by atoms with Crippen molar-refractivity contribution in [3.8, 4) is 0 Å². The monoisotopic (exact) mass is 339 g/mol. The minimum absolute atomic E-state index is 0.218. The molecule has 1 N–H and O–H groups in total. The molecule has 1 aromatic rings. The number of thioether (sulfide) groups is 2. The molecular formula is C16H21NO3S2. The number of carbonyl (C=O) groups excluding carboxylic acids is 1. The van der Waals surface area contributed by atoms with Gasteiger partial charge in [-0.05, 0) is 48.5 Å². The molecule has 0 saturated carbocycles. The van der Waals surface area contributed by atoms with Crippen molar-refractivity contribution in [1.29, 1.82) is 0 Å². The molecule has 0 spiro atoms. The second-order valence-corrected chi connectivity index (χ2v) is 8.12. The van der Waals surface area contributed by atoms with E-state index in [1.54, 1.807) is 0 Å². The van der Waals surface area contributed by atoms with E-state index < -0.39 is 0 Å².